The van der Waals surface area contributed by atoms with E-state index in [1.807, 2.05) is 20.8 Å². The van der Waals surface area contributed by atoms with Crippen molar-refractivity contribution in [1.29, 1.82) is 0 Å². The Balaban J connectivity index is 1.66. The molecule has 0 saturated heterocycles. The minimum atomic E-state index is -0.491. The number of aromatic nitrogens is 5. The van der Waals surface area contributed by atoms with E-state index in [1.54, 1.807) is 11.4 Å². The Bertz CT molecular complexity index is 948. The monoisotopic (exact) mass is 394 g/mol. The van der Waals surface area contributed by atoms with Crippen molar-refractivity contribution >= 4 is 34.0 Å². The van der Waals surface area contributed by atoms with Gasteiger partial charge in [0.2, 0.25) is 5.91 Å². The highest BCUT2D eigenvalue weighted by Gasteiger charge is 2.18. The standard InChI is InChI=1S/C16H16ClFN6OS/c1-16(2,3)24-22-13(21-23-24)7-14(25)20-15-19-12(8-26-15)9-4-5-11(18)10(17)6-9/h4-6,8H,7H2,1-3H3,(H,19,20,25). The van der Waals surface area contributed by atoms with E-state index in [9.17, 15) is 9.18 Å². The summed E-state index contributed by atoms with van der Waals surface area (Å²) in [4.78, 5) is 17.9. The van der Waals surface area contributed by atoms with Crippen LogP contribution in [-0.4, -0.2) is 31.1 Å². The molecule has 1 N–H and O–H groups in total. The summed E-state index contributed by atoms with van der Waals surface area (Å²) < 4.78 is 13.2. The van der Waals surface area contributed by atoms with Crippen LogP contribution in [0.25, 0.3) is 11.3 Å². The molecule has 1 aromatic carbocycles. The van der Waals surface area contributed by atoms with Gasteiger partial charge in [-0.3, -0.25) is 4.79 Å². The van der Waals surface area contributed by atoms with Crippen LogP contribution in [0, 0.1) is 5.82 Å². The predicted molar refractivity (Wildman–Crippen MR) is 97.7 cm³/mol. The number of hydrogen-bond acceptors (Lipinski definition) is 6. The summed E-state index contributed by atoms with van der Waals surface area (Å²) in [5.41, 5.74) is 0.967. The number of nitrogens with zero attached hydrogens (tertiary/aromatic N) is 5. The fourth-order valence-corrected chi connectivity index (χ4v) is 2.94. The Morgan fingerprint density at radius 1 is 1.38 bits per heavy atom. The van der Waals surface area contributed by atoms with Gasteiger partial charge in [-0.15, -0.1) is 21.5 Å². The van der Waals surface area contributed by atoms with Crippen LogP contribution in [0.15, 0.2) is 23.6 Å². The third kappa shape index (κ3) is 4.23. The second-order valence-corrected chi connectivity index (χ2v) is 7.82. The highest BCUT2D eigenvalue weighted by atomic mass is 35.5. The van der Waals surface area contributed by atoms with Gasteiger partial charge in [-0.2, -0.15) is 4.80 Å². The number of carbonyl (C=O) groups is 1. The second-order valence-electron chi connectivity index (χ2n) is 6.56. The van der Waals surface area contributed by atoms with E-state index in [0.717, 1.165) is 0 Å². The van der Waals surface area contributed by atoms with E-state index in [-0.39, 0.29) is 22.9 Å². The smallest absolute Gasteiger partial charge is 0.233 e. The summed E-state index contributed by atoms with van der Waals surface area (Å²) in [5.74, 6) is -0.453. The lowest BCUT2D eigenvalue weighted by molar-refractivity contribution is -0.115. The Morgan fingerprint density at radius 3 is 2.81 bits per heavy atom. The number of amides is 1. The molecule has 1 amide bonds. The zero-order valence-corrected chi connectivity index (χ0v) is 15.9. The largest absolute Gasteiger partial charge is 0.302 e. The lowest BCUT2D eigenvalue weighted by atomic mass is 10.1. The molecule has 0 atom stereocenters. The van der Waals surface area contributed by atoms with Gasteiger partial charge in [0.1, 0.15) is 5.82 Å². The second kappa shape index (κ2) is 7.08. The summed E-state index contributed by atoms with van der Waals surface area (Å²) in [7, 11) is 0. The minimum Gasteiger partial charge on any atom is -0.302 e. The van der Waals surface area contributed by atoms with E-state index in [0.29, 0.717) is 22.2 Å². The average Bonchev–Trinajstić information content (AvgIpc) is 3.19. The number of benzene rings is 1. The number of hydrogen-bond donors (Lipinski definition) is 1. The van der Waals surface area contributed by atoms with Gasteiger partial charge in [-0.25, -0.2) is 9.37 Å². The molecule has 10 heteroatoms. The van der Waals surface area contributed by atoms with Crippen LogP contribution in [0.4, 0.5) is 9.52 Å². The van der Waals surface area contributed by atoms with Gasteiger partial charge in [0.25, 0.3) is 0 Å². The van der Waals surface area contributed by atoms with E-state index < -0.39 is 5.82 Å². The van der Waals surface area contributed by atoms with Crippen LogP contribution in [0.5, 0.6) is 0 Å². The molecule has 2 aromatic heterocycles. The van der Waals surface area contributed by atoms with Crippen molar-refractivity contribution in [3.8, 4) is 11.3 Å². The van der Waals surface area contributed by atoms with Crippen molar-refractivity contribution < 1.29 is 9.18 Å². The summed E-state index contributed by atoms with van der Waals surface area (Å²) in [5, 5.41) is 16.9. The SMILES string of the molecule is CC(C)(C)n1nnc(CC(=O)Nc2nc(-c3ccc(F)c(Cl)c3)cs2)n1. The number of anilines is 1. The molecule has 0 unspecified atom stereocenters. The fraction of sp³-hybridized carbons (Fsp3) is 0.312. The van der Waals surface area contributed by atoms with Crippen LogP contribution >= 0.6 is 22.9 Å². The van der Waals surface area contributed by atoms with Gasteiger partial charge in [0.15, 0.2) is 11.0 Å². The molecule has 0 aliphatic heterocycles. The van der Waals surface area contributed by atoms with E-state index >= 15 is 0 Å². The number of tetrazole rings is 1. The van der Waals surface area contributed by atoms with Crippen molar-refractivity contribution in [2.24, 2.45) is 0 Å². The maximum atomic E-state index is 13.2. The maximum Gasteiger partial charge on any atom is 0.233 e. The molecule has 7 nitrogen and oxygen atoms in total. The number of thiazole rings is 1. The molecular weight excluding hydrogens is 379 g/mol. The predicted octanol–water partition coefficient (Wildman–Crippen LogP) is 3.53. The van der Waals surface area contributed by atoms with Crippen molar-refractivity contribution in [2.75, 3.05) is 5.32 Å². The average molecular weight is 395 g/mol. The van der Waals surface area contributed by atoms with E-state index in [4.69, 9.17) is 11.6 Å². The first kappa shape index (κ1) is 18.4. The van der Waals surface area contributed by atoms with Crippen molar-refractivity contribution in [2.45, 2.75) is 32.7 Å². The maximum absolute atomic E-state index is 13.2. The molecule has 2 heterocycles. The van der Waals surface area contributed by atoms with Gasteiger partial charge < -0.3 is 5.32 Å². The van der Waals surface area contributed by atoms with E-state index in [2.05, 4.69) is 25.7 Å². The normalized spacial score (nSPS) is 11.6. The molecule has 0 radical (unpaired) electrons. The van der Waals surface area contributed by atoms with Gasteiger partial charge >= 0.3 is 0 Å². The highest BCUT2D eigenvalue weighted by Crippen LogP contribution is 2.28. The van der Waals surface area contributed by atoms with Gasteiger partial charge in [-0.1, -0.05) is 11.6 Å². The zero-order valence-electron chi connectivity index (χ0n) is 14.3. The lowest BCUT2D eigenvalue weighted by Crippen LogP contribution is -2.25. The quantitative estimate of drug-likeness (QED) is 0.731. The lowest BCUT2D eigenvalue weighted by Gasteiger charge is -2.15. The van der Waals surface area contributed by atoms with Crippen molar-refractivity contribution in [1.82, 2.24) is 25.2 Å². The molecule has 0 saturated carbocycles. The van der Waals surface area contributed by atoms with Crippen molar-refractivity contribution in [3.05, 3.63) is 40.2 Å². The van der Waals surface area contributed by atoms with Gasteiger partial charge in [-0.05, 0) is 44.2 Å². The first-order valence-corrected chi connectivity index (χ1v) is 8.98. The molecule has 3 aromatic rings. The number of rotatable bonds is 4. The van der Waals surface area contributed by atoms with Gasteiger partial charge in [0.05, 0.1) is 22.7 Å². The number of halogens is 2. The summed E-state index contributed by atoms with van der Waals surface area (Å²) >= 11 is 7.05. The number of carbonyl (C=O) groups excluding carboxylic acids is 1. The Kier molecular flexibility index (Phi) is 5.01. The van der Waals surface area contributed by atoms with E-state index in [1.165, 1.54) is 28.3 Å². The summed E-state index contributed by atoms with van der Waals surface area (Å²) in [6.07, 6.45) is -0.00658. The van der Waals surface area contributed by atoms with Crippen LogP contribution in [0.2, 0.25) is 5.02 Å². The third-order valence-corrected chi connectivity index (χ3v) is 4.39. The molecule has 0 bridgehead atoms. The molecule has 0 aliphatic rings. The first-order chi connectivity index (χ1) is 12.2. The molecule has 136 valence electrons. The molecule has 26 heavy (non-hydrogen) atoms. The highest BCUT2D eigenvalue weighted by molar-refractivity contribution is 7.14. The van der Waals surface area contributed by atoms with Crippen LogP contribution in [-0.2, 0) is 16.8 Å². The van der Waals surface area contributed by atoms with Crippen LogP contribution in [0.3, 0.4) is 0 Å². The topological polar surface area (TPSA) is 85.6 Å². The third-order valence-electron chi connectivity index (χ3n) is 3.34. The minimum absolute atomic E-state index is 0.00658. The Labute approximate surface area is 158 Å². The molecule has 0 spiro atoms. The Morgan fingerprint density at radius 2 is 2.15 bits per heavy atom. The molecule has 3 rings (SSSR count). The zero-order chi connectivity index (χ0) is 18.9. The summed E-state index contributed by atoms with van der Waals surface area (Å²) in [6.45, 7) is 5.83. The molecule has 0 aliphatic carbocycles. The van der Waals surface area contributed by atoms with Crippen LogP contribution < -0.4 is 5.32 Å². The first-order valence-electron chi connectivity index (χ1n) is 7.72. The number of nitrogens with one attached hydrogen (secondary N) is 1. The summed E-state index contributed by atoms with van der Waals surface area (Å²) in [6, 6.07) is 4.35. The Hall–Kier alpha value is -2.39. The van der Waals surface area contributed by atoms with Crippen molar-refractivity contribution in [3.63, 3.8) is 0 Å². The van der Waals surface area contributed by atoms with Crippen LogP contribution in [0.1, 0.15) is 26.6 Å². The van der Waals surface area contributed by atoms with Gasteiger partial charge in [0, 0.05) is 10.9 Å². The molecular formula is C16H16ClFN6OS. The fourth-order valence-electron chi connectivity index (χ4n) is 2.02. The molecule has 0 fully saturated rings.